The van der Waals surface area contributed by atoms with E-state index in [-0.39, 0.29) is 0 Å². The molecule has 1 atom stereocenters. The molecule has 0 spiro atoms. The Morgan fingerprint density at radius 1 is 1.32 bits per heavy atom. The summed E-state index contributed by atoms with van der Waals surface area (Å²) in [5, 5.41) is 0.791. The molecule has 5 heteroatoms. The maximum atomic E-state index is 6.04. The highest BCUT2D eigenvalue weighted by molar-refractivity contribution is 6.30. The molecule has 1 unspecified atom stereocenters. The molecule has 0 bridgehead atoms. The van der Waals surface area contributed by atoms with E-state index >= 15 is 0 Å². The highest BCUT2D eigenvalue weighted by Crippen LogP contribution is 2.21. The molecule has 0 radical (unpaired) electrons. The van der Waals surface area contributed by atoms with Gasteiger partial charge in [-0.2, -0.15) is 0 Å². The Hall–Kier alpha value is -0.810. The van der Waals surface area contributed by atoms with Gasteiger partial charge in [-0.3, -0.25) is 4.90 Å². The Balaban J connectivity index is 1.91. The van der Waals surface area contributed by atoms with Crippen molar-refractivity contribution < 1.29 is 4.74 Å². The first-order valence-corrected chi connectivity index (χ1v) is 7.06. The summed E-state index contributed by atoms with van der Waals surface area (Å²) in [4.78, 5) is 4.77. The normalized spacial score (nSPS) is 18.6. The van der Waals surface area contributed by atoms with Crippen LogP contribution in [0.15, 0.2) is 24.3 Å². The molecule has 1 aliphatic rings. The van der Waals surface area contributed by atoms with Gasteiger partial charge in [-0.1, -0.05) is 17.7 Å². The smallest absolute Gasteiger partial charge is 0.0630 e. The van der Waals surface area contributed by atoms with Crippen LogP contribution in [0.2, 0.25) is 5.02 Å². The van der Waals surface area contributed by atoms with E-state index in [0.717, 1.165) is 31.2 Å². The molecule has 0 aromatic heterocycles. The van der Waals surface area contributed by atoms with E-state index in [1.807, 2.05) is 18.2 Å². The fraction of sp³-hybridized carbons (Fsp3) is 0.571. The minimum absolute atomic E-state index is 0.325. The van der Waals surface area contributed by atoms with Crippen molar-refractivity contribution in [2.75, 3.05) is 51.3 Å². The lowest BCUT2D eigenvalue weighted by Gasteiger charge is -2.39. The van der Waals surface area contributed by atoms with Crippen molar-refractivity contribution in [3.8, 4) is 0 Å². The maximum Gasteiger partial charge on any atom is 0.0630 e. The second-order valence-corrected chi connectivity index (χ2v) is 5.28. The zero-order valence-electron chi connectivity index (χ0n) is 11.4. The molecule has 19 heavy (non-hydrogen) atoms. The van der Waals surface area contributed by atoms with E-state index in [1.54, 1.807) is 7.11 Å². The molecule has 4 nitrogen and oxygen atoms in total. The van der Waals surface area contributed by atoms with Crippen molar-refractivity contribution in [2.24, 2.45) is 5.73 Å². The molecule has 2 rings (SSSR count). The van der Waals surface area contributed by atoms with Crippen molar-refractivity contribution in [3.05, 3.63) is 29.3 Å². The van der Waals surface area contributed by atoms with Crippen molar-refractivity contribution in [1.82, 2.24) is 4.90 Å². The number of hydrogen-bond donors (Lipinski definition) is 1. The number of piperazine rings is 1. The van der Waals surface area contributed by atoms with Crippen LogP contribution in [-0.4, -0.2) is 57.4 Å². The van der Waals surface area contributed by atoms with Crippen LogP contribution in [0.1, 0.15) is 0 Å². The number of halogens is 1. The summed E-state index contributed by atoms with van der Waals surface area (Å²) in [6.45, 7) is 5.37. The summed E-state index contributed by atoms with van der Waals surface area (Å²) < 4.78 is 5.22. The van der Waals surface area contributed by atoms with Crippen LogP contribution < -0.4 is 10.6 Å². The van der Waals surface area contributed by atoms with Gasteiger partial charge in [0.15, 0.2) is 0 Å². The number of nitrogens with two attached hydrogens (primary N) is 1. The molecule has 1 aliphatic heterocycles. The van der Waals surface area contributed by atoms with Crippen LogP contribution >= 0.6 is 11.6 Å². The first-order chi connectivity index (χ1) is 9.24. The number of ether oxygens (including phenoxy) is 1. The molecule has 1 heterocycles. The summed E-state index contributed by atoms with van der Waals surface area (Å²) >= 11 is 6.04. The average molecular weight is 284 g/mol. The van der Waals surface area contributed by atoms with Crippen molar-refractivity contribution in [2.45, 2.75) is 6.04 Å². The Labute approximate surface area is 120 Å². The lowest BCUT2D eigenvalue weighted by atomic mass is 10.2. The van der Waals surface area contributed by atoms with Crippen molar-refractivity contribution in [3.63, 3.8) is 0 Å². The highest BCUT2D eigenvalue weighted by atomic mass is 35.5. The van der Waals surface area contributed by atoms with Crippen LogP contribution in [0.3, 0.4) is 0 Å². The number of benzene rings is 1. The third-order valence-corrected chi connectivity index (χ3v) is 3.87. The quantitative estimate of drug-likeness (QED) is 0.888. The standard InChI is InChI=1S/C14H22ClN3O/c1-19-11-14(10-16)18-7-5-17(6-8-18)13-4-2-3-12(15)9-13/h2-4,9,14H,5-8,10-11,16H2,1H3. The number of anilines is 1. The summed E-state index contributed by atoms with van der Waals surface area (Å²) in [7, 11) is 1.73. The minimum Gasteiger partial charge on any atom is -0.383 e. The van der Waals surface area contributed by atoms with Gasteiger partial charge in [-0.25, -0.2) is 0 Å². The monoisotopic (exact) mass is 283 g/mol. The minimum atomic E-state index is 0.325. The van der Waals surface area contributed by atoms with Crippen molar-refractivity contribution >= 4 is 17.3 Å². The van der Waals surface area contributed by atoms with Gasteiger partial charge in [0.2, 0.25) is 0 Å². The molecule has 1 aromatic carbocycles. The predicted octanol–water partition coefficient (Wildman–Crippen LogP) is 1.44. The van der Waals surface area contributed by atoms with Crippen LogP contribution in [-0.2, 0) is 4.74 Å². The first-order valence-electron chi connectivity index (χ1n) is 6.68. The molecule has 2 N–H and O–H groups in total. The largest absolute Gasteiger partial charge is 0.383 e. The van der Waals surface area contributed by atoms with Crippen molar-refractivity contribution in [1.29, 1.82) is 0 Å². The van der Waals surface area contributed by atoms with E-state index in [2.05, 4.69) is 15.9 Å². The van der Waals surface area contributed by atoms with Gasteiger partial charge >= 0.3 is 0 Å². The first kappa shape index (κ1) is 14.6. The van der Waals surface area contributed by atoms with Gasteiger partial charge in [0.05, 0.1) is 6.61 Å². The summed E-state index contributed by atoms with van der Waals surface area (Å²) in [6, 6.07) is 8.36. The third-order valence-electron chi connectivity index (χ3n) is 3.64. The number of rotatable bonds is 5. The van der Waals surface area contributed by atoms with Gasteiger partial charge in [-0.15, -0.1) is 0 Å². The van der Waals surface area contributed by atoms with Crippen LogP contribution in [0.4, 0.5) is 5.69 Å². The summed E-state index contributed by atoms with van der Waals surface area (Å²) in [5.74, 6) is 0. The number of nitrogens with zero attached hydrogens (tertiary/aromatic N) is 2. The van der Waals surface area contributed by atoms with Gasteiger partial charge in [0.1, 0.15) is 0 Å². The molecule has 1 aromatic rings. The molecular formula is C14H22ClN3O. The predicted molar refractivity (Wildman–Crippen MR) is 80.0 cm³/mol. The fourth-order valence-corrected chi connectivity index (χ4v) is 2.72. The fourth-order valence-electron chi connectivity index (χ4n) is 2.53. The summed E-state index contributed by atoms with van der Waals surface area (Å²) in [6.07, 6.45) is 0. The Morgan fingerprint density at radius 3 is 2.63 bits per heavy atom. The van der Waals surface area contributed by atoms with E-state index in [0.29, 0.717) is 19.2 Å². The topological polar surface area (TPSA) is 41.7 Å². The van der Waals surface area contributed by atoms with Crippen LogP contribution in [0, 0.1) is 0 Å². The molecule has 1 saturated heterocycles. The Kier molecular flexibility index (Phi) is 5.45. The summed E-state index contributed by atoms with van der Waals surface area (Å²) in [5.41, 5.74) is 7.00. The average Bonchev–Trinajstić information content (AvgIpc) is 2.45. The van der Waals surface area contributed by atoms with E-state index in [4.69, 9.17) is 22.1 Å². The molecule has 0 amide bonds. The maximum absolute atomic E-state index is 6.04. The molecule has 0 aliphatic carbocycles. The van der Waals surface area contributed by atoms with Crippen LogP contribution in [0.5, 0.6) is 0 Å². The zero-order valence-corrected chi connectivity index (χ0v) is 12.1. The molecule has 106 valence electrons. The van der Waals surface area contributed by atoms with E-state index < -0.39 is 0 Å². The van der Waals surface area contributed by atoms with E-state index in [1.165, 1.54) is 5.69 Å². The van der Waals surface area contributed by atoms with Crippen LogP contribution in [0.25, 0.3) is 0 Å². The lowest BCUT2D eigenvalue weighted by Crippen LogP contribution is -2.53. The molecular weight excluding hydrogens is 262 g/mol. The zero-order chi connectivity index (χ0) is 13.7. The van der Waals surface area contributed by atoms with E-state index in [9.17, 15) is 0 Å². The third kappa shape index (κ3) is 3.83. The Bertz CT molecular complexity index is 394. The second-order valence-electron chi connectivity index (χ2n) is 4.85. The van der Waals surface area contributed by atoms with Gasteiger partial charge in [0, 0.05) is 56.6 Å². The number of methoxy groups -OCH3 is 1. The van der Waals surface area contributed by atoms with Gasteiger partial charge in [0.25, 0.3) is 0 Å². The van der Waals surface area contributed by atoms with Gasteiger partial charge < -0.3 is 15.4 Å². The van der Waals surface area contributed by atoms with Gasteiger partial charge in [-0.05, 0) is 18.2 Å². The second kappa shape index (κ2) is 7.10. The molecule has 0 saturated carbocycles. The molecule has 1 fully saturated rings. The highest BCUT2D eigenvalue weighted by Gasteiger charge is 2.23. The Morgan fingerprint density at radius 2 is 2.05 bits per heavy atom. The SMILES string of the molecule is COCC(CN)N1CCN(c2cccc(Cl)c2)CC1. The number of hydrogen-bond acceptors (Lipinski definition) is 4. The lowest BCUT2D eigenvalue weighted by molar-refractivity contribution is 0.0900.